The zero-order valence-electron chi connectivity index (χ0n) is 11.2. The highest BCUT2D eigenvalue weighted by atomic mass is 16.3. The van der Waals surface area contributed by atoms with Gasteiger partial charge in [-0.05, 0) is 18.9 Å². The Hall–Kier alpha value is -1.59. The highest BCUT2D eigenvalue weighted by molar-refractivity contribution is 5.73. The van der Waals surface area contributed by atoms with Crippen LogP contribution in [0.3, 0.4) is 0 Å². The SMILES string of the molecule is CC(O)CC(CNC(=O)NCCO)c1ccccc1. The van der Waals surface area contributed by atoms with Crippen LogP contribution < -0.4 is 10.6 Å². The quantitative estimate of drug-likeness (QED) is 0.590. The smallest absolute Gasteiger partial charge is 0.314 e. The van der Waals surface area contributed by atoms with E-state index in [1.165, 1.54) is 0 Å². The monoisotopic (exact) mass is 266 g/mol. The third-order valence-corrected chi connectivity index (χ3v) is 2.80. The first-order valence-corrected chi connectivity index (χ1v) is 6.49. The predicted octanol–water partition coefficient (Wildman–Crippen LogP) is 0.833. The number of carbonyl (C=O) groups is 1. The number of hydrogen-bond donors (Lipinski definition) is 4. The number of rotatable bonds is 7. The number of aliphatic hydroxyl groups excluding tert-OH is 2. The van der Waals surface area contributed by atoms with Crippen LogP contribution in [0.4, 0.5) is 4.79 Å². The fourth-order valence-corrected chi connectivity index (χ4v) is 1.92. The molecular weight excluding hydrogens is 244 g/mol. The summed E-state index contributed by atoms with van der Waals surface area (Å²) in [6, 6.07) is 9.48. The summed E-state index contributed by atoms with van der Waals surface area (Å²) in [5.74, 6) is 0.0704. The molecule has 0 spiro atoms. The molecule has 1 rings (SSSR count). The van der Waals surface area contributed by atoms with Crippen molar-refractivity contribution in [3.05, 3.63) is 35.9 Å². The Bertz CT molecular complexity index is 368. The molecule has 0 fully saturated rings. The van der Waals surface area contributed by atoms with Gasteiger partial charge in [0.25, 0.3) is 0 Å². The fourth-order valence-electron chi connectivity index (χ4n) is 1.92. The zero-order valence-corrected chi connectivity index (χ0v) is 11.2. The molecule has 0 aliphatic heterocycles. The average Bonchev–Trinajstić information content (AvgIpc) is 2.41. The Labute approximate surface area is 113 Å². The molecule has 0 aliphatic rings. The van der Waals surface area contributed by atoms with E-state index in [0.29, 0.717) is 13.0 Å². The van der Waals surface area contributed by atoms with Crippen LogP contribution in [0.5, 0.6) is 0 Å². The van der Waals surface area contributed by atoms with Crippen molar-refractivity contribution >= 4 is 6.03 Å². The minimum Gasteiger partial charge on any atom is -0.395 e. The van der Waals surface area contributed by atoms with Crippen molar-refractivity contribution in [2.24, 2.45) is 0 Å². The van der Waals surface area contributed by atoms with Gasteiger partial charge in [0.15, 0.2) is 0 Å². The van der Waals surface area contributed by atoms with Crippen LogP contribution in [0.1, 0.15) is 24.8 Å². The van der Waals surface area contributed by atoms with Gasteiger partial charge in [-0.3, -0.25) is 0 Å². The van der Waals surface area contributed by atoms with Gasteiger partial charge >= 0.3 is 6.03 Å². The lowest BCUT2D eigenvalue weighted by atomic mass is 9.93. The first kappa shape index (κ1) is 15.5. The second kappa shape index (κ2) is 8.50. The molecular formula is C14H22N2O3. The minimum atomic E-state index is -0.424. The van der Waals surface area contributed by atoms with Crippen LogP contribution in [0.25, 0.3) is 0 Å². The van der Waals surface area contributed by atoms with Crippen LogP contribution in [-0.2, 0) is 0 Å². The largest absolute Gasteiger partial charge is 0.395 e. The topological polar surface area (TPSA) is 81.6 Å². The molecule has 2 unspecified atom stereocenters. The maximum Gasteiger partial charge on any atom is 0.314 e. The van der Waals surface area contributed by atoms with Gasteiger partial charge in [0.05, 0.1) is 12.7 Å². The van der Waals surface area contributed by atoms with Crippen LogP contribution in [0, 0.1) is 0 Å². The van der Waals surface area contributed by atoms with Gasteiger partial charge in [0.2, 0.25) is 0 Å². The summed E-state index contributed by atoms with van der Waals surface area (Å²) in [5.41, 5.74) is 1.09. The molecule has 0 saturated heterocycles. The zero-order chi connectivity index (χ0) is 14.1. The van der Waals surface area contributed by atoms with E-state index in [4.69, 9.17) is 5.11 Å². The summed E-state index contributed by atoms with van der Waals surface area (Å²) in [6.07, 6.45) is 0.164. The van der Waals surface area contributed by atoms with Crippen LogP contribution in [0.2, 0.25) is 0 Å². The van der Waals surface area contributed by atoms with Gasteiger partial charge in [-0.1, -0.05) is 30.3 Å². The molecule has 5 nitrogen and oxygen atoms in total. The number of urea groups is 1. The number of benzene rings is 1. The molecule has 19 heavy (non-hydrogen) atoms. The van der Waals surface area contributed by atoms with Crippen molar-refractivity contribution in [3.63, 3.8) is 0 Å². The normalized spacial score (nSPS) is 13.6. The third-order valence-electron chi connectivity index (χ3n) is 2.80. The standard InChI is InChI=1S/C14H22N2O3/c1-11(18)9-13(12-5-3-2-4-6-12)10-16-14(19)15-7-8-17/h2-6,11,13,17-18H,7-10H2,1H3,(H2,15,16,19). The second-order valence-electron chi connectivity index (χ2n) is 4.55. The average molecular weight is 266 g/mol. The van der Waals surface area contributed by atoms with E-state index in [9.17, 15) is 9.90 Å². The maximum atomic E-state index is 11.4. The highest BCUT2D eigenvalue weighted by Crippen LogP contribution is 2.20. The van der Waals surface area contributed by atoms with Crippen LogP contribution in [-0.4, -0.2) is 42.0 Å². The summed E-state index contributed by atoms with van der Waals surface area (Å²) in [7, 11) is 0. The lowest BCUT2D eigenvalue weighted by Gasteiger charge is -2.19. The van der Waals surface area contributed by atoms with Gasteiger partial charge < -0.3 is 20.8 Å². The van der Waals surface area contributed by atoms with Crippen LogP contribution >= 0.6 is 0 Å². The van der Waals surface area contributed by atoms with E-state index in [1.807, 2.05) is 30.3 Å². The number of hydrogen-bond acceptors (Lipinski definition) is 3. The summed E-state index contributed by atoms with van der Waals surface area (Å²) in [6.45, 7) is 2.34. The van der Waals surface area contributed by atoms with E-state index in [0.717, 1.165) is 5.56 Å². The van der Waals surface area contributed by atoms with E-state index in [1.54, 1.807) is 6.92 Å². The van der Waals surface area contributed by atoms with Crippen molar-refractivity contribution in [1.82, 2.24) is 10.6 Å². The predicted molar refractivity (Wildman–Crippen MR) is 74.0 cm³/mol. The van der Waals surface area contributed by atoms with E-state index in [2.05, 4.69) is 10.6 Å². The van der Waals surface area contributed by atoms with E-state index >= 15 is 0 Å². The Balaban J connectivity index is 2.53. The van der Waals surface area contributed by atoms with Gasteiger partial charge in [-0.15, -0.1) is 0 Å². The maximum absolute atomic E-state index is 11.4. The second-order valence-corrected chi connectivity index (χ2v) is 4.55. The fraction of sp³-hybridized carbons (Fsp3) is 0.500. The van der Waals surface area contributed by atoms with E-state index < -0.39 is 6.10 Å². The molecule has 0 bridgehead atoms. The Morgan fingerprint density at radius 2 is 1.95 bits per heavy atom. The molecule has 1 aromatic rings. The summed E-state index contributed by atoms with van der Waals surface area (Å²) < 4.78 is 0. The summed E-state index contributed by atoms with van der Waals surface area (Å²) >= 11 is 0. The molecule has 0 aromatic heterocycles. The van der Waals surface area contributed by atoms with Crippen LogP contribution in [0.15, 0.2) is 30.3 Å². The van der Waals surface area contributed by atoms with Crippen molar-refractivity contribution < 1.29 is 15.0 Å². The third kappa shape index (κ3) is 6.22. The molecule has 0 saturated carbocycles. The van der Waals surface area contributed by atoms with Gasteiger partial charge in [0, 0.05) is 19.0 Å². The van der Waals surface area contributed by atoms with Crippen molar-refractivity contribution in [2.75, 3.05) is 19.7 Å². The summed E-state index contributed by atoms with van der Waals surface area (Å²) in [4.78, 5) is 11.4. The van der Waals surface area contributed by atoms with Crippen molar-refractivity contribution in [1.29, 1.82) is 0 Å². The Morgan fingerprint density at radius 3 is 2.53 bits per heavy atom. The molecule has 0 radical (unpaired) electrons. The van der Waals surface area contributed by atoms with Gasteiger partial charge in [-0.2, -0.15) is 0 Å². The number of nitrogens with one attached hydrogen (secondary N) is 2. The van der Waals surface area contributed by atoms with Gasteiger partial charge in [-0.25, -0.2) is 4.79 Å². The molecule has 4 N–H and O–H groups in total. The molecule has 2 atom stereocenters. The lowest BCUT2D eigenvalue weighted by Crippen LogP contribution is -2.39. The number of aliphatic hydroxyl groups is 2. The van der Waals surface area contributed by atoms with Crippen molar-refractivity contribution in [2.45, 2.75) is 25.4 Å². The lowest BCUT2D eigenvalue weighted by molar-refractivity contribution is 0.173. The first-order valence-electron chi connectivity index (χ1n) is 6.49. The van der Waals surface area contributed by atoms with Gasteiger partial charge in [0.1, 0.15) is 0 Å². The molecule has 0 aliphatic carbocycles. The summed E-state index contributed by atoms with van der Waals surface area (Å²) in [5, 5.41) is 23.4. The number of carbonyl (C=O) groups excluding carboxylic acids is 1. The molecule has 0 heterocycles. The number of amides is 2. The van der Waals surface area contributed by atoms with E-state index in [-0.39, 0.29) is 25.1 Å². The molecule has 106 valence electrons. The Morgan fingerprint density at radius 1 is 1.26 bits per heavy atom. The molecule has 5 heteroatoms. The molecule has 1 aromatic carbocycles. The minimum absolute atomic E-state index is 0.0704. The highest BCUT2D eigenvalue weighted by Gasteiger charge is 2.15. The first-order chi connectivity index (χ1) is 9.13. The van der Waals surface area contributed by atoms with Crippen molar-refractivity contribution in [3.8, 4) is 0 Å². The molecule has 2 amide bonds. The Kier molecular flexibility index (Phi) is 6.92.